The smallest absolute Gasteiger partial charge is 0.140 e. The van der Waals surface area contributed by atoms with Crippen LogP contribution in [0.4, 0.5) is 0 Å². The lowest BCUT2D eigenvalue weighted by Crippen LogP contribution is -1.85. The highest BCUT2D eigenvalue weighted by Crippen LogP contribution is 2.36. The minimum Gasteiger partial charge on any atom is -0.460 e. The van der Waals surface area contributed by atoms with E-state index in [9.17, 15) is 5.11 Å². The van der Waals surface area contributed by atoms with E-state index < -0.39 is 0 Å². The summed E-state index contributed by atoms with van der Waals surface area (Å²) in [6.45, 7) is -0.0244. The lowest BCUT2D eigenvalue weighted by atomic mass is 10.1. The molecule has 0 radical (unpaired) electrons. The molecule has 3 rings (SSSR count). The van der Waals surface area contributed by atoms with Crippen molar-refractivity contribution in [1.29, 1.82) is 0 Å². The van der Waals surface area contributed by atoms with E-state index >= 15 is 0 Å². The molecule has 3 heteroatoms. The molecule has 0 spiro atoms. The van der Waals surface area contributed by atoms with Crippen molar-refractivity contribution in [2.75, 3.05) is 0 Å². The Balaban J connectivity index is 2.38. The van der Waals surface area contributed by atoms with E-state index in [4.69, 9.17) is 16.0 Å². The minimum absolute atomic E-state index is 0.0244. The van der Waals surface area contributed by atoms with E-state index in [0.29, 0.717) is 5.02 Å². The van der Waals surface area contributed by atoms with Crippen LogP contribution in [0, 0.1) is 0 Å². The molecule has 1 aromatic heterocycles. The van der Waals surface area contributed by atoms with Crippen LogP contribution in [-0.2, 0) is 19.4 Å². The summed E-state index contributed by atoms with van der Waals surface area (Å²) in [5.41, 5.74) is 2.88. The van der Waals surface area contributed by atoms with Crippen LogP contribution >= 0.6 is 11.6 Å². The van der Waals surface area contributed by atoms with Crippen LogP contribution in [0.25, 0.3) is 11.0 Å². The van der Waals surface area contributed by atoms with E-state index in [1.807, 2.05) is 6.07 Å². The molecule has 0 saturated heterocycles. The summed E-state index contributed by atoms with van der Waals surface area (Å²) >= 11 is 6.01. The van der Waals surface area contributed by atoms with E-state index in [0.717, 1.165) is 41.6 Å². The number of rotatable bonds is 1. The topological polar surface area (TPSA) is 33.4 Å². The van der Waals surface area contributed by atoms with Gasteiger partial charge in [-0.1, -0.05) is 11.6 Å². The molecule has 78 valence electrons. The van der Waals surface area contributed by atoms with Gasteiger partial charge in [-0.2, -0.15) is 0 Å². The van der Waals surface area contributed by atoms with Gasteiger partial charge < -0.3 is 9.52 Å². The molecule has 1 aliphatic carbocycles. The normalized spacial score (nSPS) is 14.8. The Hall–Kier alpha value is -0.990. The van der Waals surface area contributed by atoms with Crippen LogP contribution in [0.5, 0.6) is 0 Å². The van der Waals surface area contributed by atoms with E-state index in [-0.39, 0.29) is 6.61 Å². The first-order chi connectivity index (χ1) is 7.29. The van der Waals surface area contributed by atoms with Crippen LogP contribution in [0.3, 0.4) is 0 Å². The predicted octanol–water partition coefficient (Wildman–Crippen LogP) is 3.07. The Kier molecular flexibility index (Phi) is 2.01. The van der Waals surface area contributed by atoms with Gasteiger partial charge in [0.05, 0.1) is 6.61 Å². The molecule has 1 aliphatic rings. The van der Waals surface area contributed by atoms with E-state index in [1.165, 1.54) is 5.56 Å². The largest absolute Gasteiger partial charge is 0.460 e. The second-order valence-corrected chi connectivity index (χ2v) is 4.39. The van der Waals surface area contributed by atoms with E-state index in [2.05, 4.69) is 0 Å². The quantitative estimate of drug-likeness (QED) is 0.805. The standard InChI is InChI=1S/C12H11ClO2/c13-8-4-7(6-14)12-10(5-8)9-2-1-3-11(9)15-12/h4-5,14H,1-3,6H2. The van der Waals surface area contributed by atoms with Crippen LogP contribution in [0.15, 0.2) is 16.5 Å². The van der Waals surface area contributed by atoms with Crippen molar-refractivity contribution in [3.63, 3.8) is 0 Å². The molecule has 0 bridgehead atoms. The fourth-order valence-electron chi connectivity index (χ4n) is 2.35. The molecule has 15 heavy (non-hydrogen) atoms. The highest BCUT2D eigenvalue weighted by atomic mass is 35.5. The van der Waals surface area contributed by atoms with Gasteiger partial charge in [-0.05, 0) is 25.0 Å². The molecule has 0 amide bonds. The summed E-state index contributed by atoms with van der Waals surface area (Å²) in [7, 11) is 0. The summed E-state index contributed by atoms with van der Waals surface area (Å²) in [5, 5.41) is 11.0. The number of hydrogen-bond donors (Lipinski definition) is 1. The maximum absolute atomic E-state index is 9.23. The summed E-state index contributed by atoms with van der Waals surface area (Å²) in [5.74, 6) is 1.07. The van der Waals surface area contributed by atoms with Gasteiger partial charge in [0.1, 0.15) is 11.3 Å². The zero-order chi connectivity index (χ0) is 10.4. The van der Waals surface area contributed by atoms with E-state index in [1.54, 1.807) is 6.07 Å². The molecule has 0 unspecified atom stereocenters. The maximum Gasteiger partial charge on any atom is 0.140 e. The van der Waals surface area contributed by atoms with Crippen LogP contribution in [0.1, 0.15) is 23.3 Å². The van der Waals surface area contributed by atoms with Gasteiger partial charge in [0, 0.05) is 28.0 Å². The average Bonchev–Trinajstić information content (AvgIpc) is 2.77. The first-order valence-electron chi connectivity index (χ1n) is 5.13. The third-order valence-corrected chi connectivity index (χ3v) is 3.24. The van der Waals surface area contributed by atoms with Crippen molar-refractivity contribution >= 4 is 22.6 Å². The molecule has 0 fully saturated rings. The van der Waals surface area contributed by atoms with Gasteiger partial charge in [0.25, 0.3) is 0 Å². The zero-order valence-corrected chi connectivity index (χ0v) is 8.97. The summed E-state index contributed by atoms with van der Waals surface area (Å²) in [6.07, 6.45) is 3.23. The third kappa shape index (κ3) is 1.29. The number of fused-ring (bicyclic) bond motifs is 3. The van der Waals surface area contributed by atoms with Gasteiger partial charge in [-0.15, -0.1) is 0 Å². The van der Waals surface area contributed by atoms with Gasteiger partial charge in [-0.3, -0.25) is 0 Å². The Morgan fingerprint density at radius 3 is 3.00 bits per heavy atom. The number of aliphatic hydroxyl groups excluding tert-OH is 1. The second-order valence-electron chi connectivity index (χ2n) is 3.96. The summed E-state index contributed by atoms with van der Waals surface area (Å²) in [6, 6.07) is 3.70. The summed E-state index contributed by atoms with van der Waals surface area (Å²) in [4.78, 5) is 0. The molecule has 1 heterocycles. The van der Waals surface area contributed by atoms with Crippen LogP contribution < -0.4 is 0 Å². The molecule has 1 aromatic carbocycles. The predicted molar refractivity (Wildman–Crippen MR) is 59.2 cm³/mol. The minimum atomic E-state index is -0.0244. The van der Waals surface area contributed by atoms with Crippen LogP contribution in [0.2, 0.25) is 5.02 Å². The highest BCUT2D eigenvalue weighted by Gasteiger charge is 2.21. The molecule has 0 atom stereocenters. The van der Waals surface area contributed by atoms with Crippen molar-refractivity contribution in [3.8, 4) is 0 Å². The molecule has 2 nitrogen and oxygen atoms in total. The average molecular weight is 223 g/mol. The number of furan rings is 1. The zero-order valence-electron chi connectivity index (χ0n) is 8.22. The molecule has 2 aromatic rings. The SMILES string of the molecule is OCc1cc(Cl)cc2c3c(oc12)CCC3. The number of hydrogen-bond acceptors (Lipinski definition) is 2. The third-order valence-electron chi connectivity index (χ3n) is 3.02. The molecule has 0 saturated carbocycles. The summed E-state index contributed by atoms with van der Waals surface area (Å²) < 4.78 is 5.77. The maximum atomic E-state index is 9.23. The van der Waals surface area contributed by atoms with Gasteiger partial charge in [-0.25, -0.2) is 0 Å². The van der Waals surface area contributed by atoms with Crippen molar-refractivity contribution in [3.05, 3.63) is 34.0 Å². The number of aliphatic hydroxyl groups is 1. The molecule has 0 aliphatic heterocycles. The lowest BCUT2D eigenvalue weighted by molar-refractivity contribution is 0.281. The fourth-order valence-corrected chi connectivity index (χ4v) is 2.59. The number of benzene rings is 1. The van der Waals surface area contributed by atoms with Crippen molar-refractivity contribution in [2.45, 2.75) is 25.9 Å². The monoisotopic (exact) mass is 222 g/mol. The van der Waals surface area contributed by atoms with Crippen molar-refractivity contribution in [2.24, 2.45) is 0 Å². The molecular formula is C12H11ClO2. The Morgan fingerprint density at radius 1 is 1.33 bits per heavy atom. The highest BCUT2D eigenvalue weighted by molar-refractivity contribution is 6.31. The van der Waals surface area contributed by atoms with Crippen molar-refractivity contribution < 1.29 is 9.52 Å². The van der Waals surface area contributed by atoms with Gasteiger partial charge >= 0.3 is 0 Å². The molecule has 1 N–H and O–H groups in total. The van der Waals surface area contributed by atoms with Crippen LogP contribution in [-0.4, -0.2) is 5.11 Å². The first kappa shape index (κ1) is 9.25. The van der Waals surface area contributed by atoms with Gasteiger partial charge in [0.15, 0.2) is 0 Å². The van der Waals surface area contributed by atoms with Gasteiger partial charge in [0.2, 0.25) is 0 Å². The Labute approximate surface area is 92.5 Å². The fraction of sp³-hybridized carbons (Fsp3) is 0.333. The molecular weight excluding hydrogens is 212 g/mol. The first-order valence-corrected chi connectivity index (χ1v) is 5.51. The second kappa shape index (κ2) is 3.26. The Bertz CT molecular complexity index is 528. The lowest BCUT2D eigenvalue weighted by Gasteiger charge is -2.00. The number of halogens is 1. The number of aryl methyl sites for hydroxylation is 2. The van der Waals surface area contributed by atoms with Crippen molar-refractivity contribution in [1.82, 2.24) is 0 Å². The Morgan fingerprint density at radius 2 is 2.20 bits per heavy atom.